The van der Waals surface area contributed by atoms with Crippen LogP contribution >= 0.6 is 0 Å². The van der Waals surface area contributed by atoms with Crippen LogP contribution in [0.1, 0.15) is 40.3 Å². The number of nitrogens with zero attached hydrogens (tertiary/aromatic N) is 1. The number of aryl methyl sites for hydroxylation is 1. The van der Waals surface area contributed by atoms with Crippen LogP contribution in [0.4, 0.5) is 5.69 Å². The molecule has 0 fully saturated rings. The van der Waals surface area contributed by atoms with Crippen LogP contribution in [0.5, 0.6) is 5.75 Å². The summed E-state index contributed by atoms with van der Waals surface area (Å²) in [5, 5.41) is 8.89. The molecule has 2 aromatic rings. The minimum Gasteiger partial charge on any atom is -0.485 e. The summed E-state index contributed by atoms with van der Waals surface area (Å²) < 4.78 is 11.2. The molecule has 1 aromatic heterocycles. The van der Waals surface area contributed by atoms with E-state index in [0.29, 0.717) is 5.76 Å². The summed E-state index contributed by atoms with van der Waals surface area (Å²) in [6.45, 7) is 2.51. The van der Waals surface area contributed by atoms with E-state index in [2.05, 4.69) is 11.0 Å². The maximum atomic E-state index is 10.9. The fraction of sp³-hybridized carbons (Fsp3) is 0.389. The number of ether oxygens (including phenoxy) is 1. The zero-order valence-electron chi connectivity index (χ0n) is 12.9. The minimum atomic E-state index is -1.06. The summed E-state index contributed by atoms with van der Waals surface area (Å²) >= 11 is 0. The average molecular weight is 313 g/mol. The Bertz CT molecular complexity index is 747. The van der Waals surface area contributed by atoms with Gasteiger partial charge in [0.15, 0.2) is 0 Å². The van der Waals surface area contributed by atoms with Crippen LogP contribution in [0.15, 0.2) is 28.7 Å². The van der Waals surface area contributed by atoms with Gasteiger partial charge in [-0.05, 0) is 49.4 Å². The van der Waals surface area contributed by atoms with Gasteiger partial charge in [-0.3, -0.25) is 0 Å². The quantitative estimate of drug-likeness (QED) is 0.938. The maximum Gasteiger partial charge on any atom is 0.371 e. The highest BCUT2D eigenvalue weighted by Gasteiger charge is 2.26. The molecule has 0 aliphatic carbocycles. The van der Waals surface area contributed by atoms with E-state index in [0.717, 1.165) is 38.1 Å². The molecule has 0 saturated carbocycles. The number of furan rings is 1. The number of hydrogen-bond acceptors (Lipinski definition) is 4. The molecule has 0 saturated heterocycles. The number of carboxylic acid groups (broad SMARTS) is 1. The Morgan fingerprint density at radius 3 is 2.78 bits per heavy atom. The monoisotopic (exact) mass is 313 g/mol. The molecular formula is C18H19NO4. The molecule has 0 atom stereocenters. The van der Waals surface area contributed by atoms with Crippen molar-refractivity contribution in [1.29, 1.82) is 0 Å². The van der Waals surface area contributed by atoms with E-state index in [1.54, 1.807) is 6.07 Å². The minimum absolute atomic E-state index is 0.0541. The first kappa shape index (κ1) is 14.2. The first-order valence-electron chi connectivity index (χ1n) is 8.07. The van der Waals surface area contributed by atoms with Gasteiger partial charge in [-0.1, -0.05) is 6.07 Å². The van der Waals surface area contributed by atoms with E-state index in [1.807, 2.05) is 6.07 Å². The molecule has 5 heteroatoms. The summed E-state index contributed by atoms with van der Waals surface area (Å²) in [6.07, 6.45) is 4.54. The molecule has 0 spiro atoms. The van der Waals surface area contributed by atoms with Crippen LogP contribution in [0.25, 0.3) is 0 Å². The van der Waals surface area contributed by atoms with Crippen molar-refractivity contribution in [2.75, 3.05) is 18.0 Å². The fourth-order valence-electron chi connectivity index (χ4n) is 3.60. The van der Waals surface area contributed by atoms with E-state index in [1.165, 1.54) is 29.3 Å². The lowest BCUT2D eigenvalue weighted by molar-refractivity contribution is 0.0658. The molecule has 23 heavy (non-hydrogen) atoms. The number of carbonyl (C=O) groups is 1. The van der Waals surface area contributed by atoms with Crippen molar-refractivity contribution in [3.05, 3.63) is 46.9 Å². The highest BCUT2D eigenvalue weighted by molar-refractivity contribution is 5.84. The second-order valence-corrected chi connectivity index (χ2v) is 6.10. The first-order valence-corrected chi connectivity index (χ1v) is 8.07. The van der Waals surface area contributed by atoms with Crippen molar-refractivity contribution in [3.8, 4) is 5.75 Å². The van der Waals surface area contributed by atoms with Crippen LogP contribution < -0.4 is 9.64 Å². The van der Waals surface area contributed by atoms with Crippen molar-refractivity contribution in [2.45, 2.75) is 32.3 Å². The Labute approximate surface area is 134 Å². The Morgan fingerprint density at radius 1 is 1.17 bits per heavy atom. The van der Waals surface area contributed by atoms with Gasteiger partial charge in [0.05, 0.1) is 0 Å². The van der Waals surface area contributed by atoms with Crippen molar-refractivity contribution >= 4 is 11.7 Å². The Kier molecular flexibility index (Phi) is 3.48. The van der Waals surface area contributed by atoms with Crippen LogP contribution in [0, 0.1) is 0 Å². The molecule has 5 nitrogen and oxygen atoms in total. The maximum absolute atomic E-state index is 10.9. The van der Waals surface area contributed by atoms with Crippen LogP contribution in [-0.4, -0.2) is 24.2 Å². The van der Waals surface area contributed by atoms with Gasteiger partial charge in [0.1, 0.15) is 18.1 Å². The van der Waals surface area contributed by atoms with Crippen molar-refractivity contribution < 1.29 is 19.1 Å². The van der Waals surface area contributed by atoms with Gasteiger partial charge in [-0.25, -0.2) is 4.79 Å². The number of anilines is 1. The molecule has 0 unspecified atom stereocenters. The lowest BCUT2D eigenvalue weighted by atomic mass is 9.91. The first-order chi connectivity index (χ1) is 11.2. The Balaban J connectivity index is 1.57. The third-order valence-corrected chi connectivity index (χ3v) is 4.61. The number of rotatable bonds is 4. The summed E-state index contributed by atoms with van der Waals surface area (Å²) in [7, 11) is 0. The van der Waals surface area contributed by atoms with E-state index < -0.39 is 5.97 Å². The Hall–Kier alpha value is -2.43. The van der Waals surface area contributed by atoms with Crippen LogP contribution in [0.2, 0.25) is 0 Å². The van der Waals surface area contributed by atoms with Gasteiger partial charge in [0.2, 0.25) is 5.76 Å². The molecule has 1 aromatic carbocycles. The highest BCUT2D eigenvalue weighted by Crippen LogP contribution is 2.40. The zero-order chi connectivity index (χ0) is 15.8. The van der Waals surface area contributed by atoms with Crippen molar-refractivity contribution in [1.82, 2.24) is 0 Å². The molecule has 2 aliphatic heterocycles. The molecule has 0 radical (unpaired) electrons. The summed E-state index contributed by atoms with van der Waals surface area (Å²) in [4.78, 5) is 13.3. The molecule has 0 bridgehead atoms. The van der Waals surface area contributed by atoms with E-state index in [9.17, 15) is 4.79 Å². The van der Waals surface area contributed by atoms with Gasteiger partial charge in [-0.2, -0.15) is 0 Å². The molecule has 3 heterocycles. The van der Waals surface area contributed by atoms with Crippen LogP contribution in [-0.2, 0) is 19.4 Å². The number of benzene rings is 1. The van der Waals surface area contributed by atoms with Crippen molar-refractivity contribution in [3.63, 3.8) is 0 Å². The Morgan fingerprint density at radius 2 is 2.00 bits per heavy atom. The van der Waals surface area contributed by atoms with Crippen molar-refractivity contribution in [2.24, 2.45) is 0 Å². The number of hydrogen-bond donors (Lipinski definition) is 1. The normalized spacial score (nSPS) is 16.1. The largest absolute Gasteiger partial charge is 0.485 e. The van der Waals surface area contributed by atoms with E-state index in [-0.39, 0.29) is 12.4 Å². The zero-order valence-corrected chi connectivity index (χ0v) is 12.9. The van der Waals surface area contributed by atoms with Gasteiger partial charge < -0.3 is 19.2 Å². The molecule has 0 amide bonds. The number of carboxylic acids is 1. The van der Waals surface area contributed by atoms with Gasteiger partial charge in [0, 0.05) is 24.3 Å². The van der Waals surface area contributed by atoms with Crippen LogP contribution in [0.3, 0.4) is 0 Å². The summed E-state index contributed by atoms with van der Waals surface area (Å²) in [5.41, 5.74) is 4.08. The van der Waals surface area contributed by atoms with E-state index >= 15 is 0 Å². The molecular weight excluding hydrogens is 294 g/mol. The predicted molar refractivity (Wildman–Crippen MR) is 85.3 cm³/mol. The third kappa shape index (κ3) is 2.56. The smallest absolute Gasteiger partial charge is 0.371 e. The lowest BCUT2D eigenvalue weighted by Crippen LogP contribution is -2.34. The van der Waals surface area contributed by atoms with Gasteiger partial charge >= 0.3 is 5.97 Å². The standard InChI is InChI=1S/C18H19NO4/c20-18(21)16-8-6-13(23-16)11-22-15-7-5-12-3-1-9-19-10-2-4-14(15)17(12)19/h5-8H,1-4,9-11H2,(H,20,21). The second kappa shape index (κ2) is 5.65. The summed E-state index contributed by atoms with van der Waals surface area (Å²) in [5.74, 6) is 0.306. The summed E-state index contributed by atoms with van der Waals surface area (Å²) in [6, 6.07) is 7.32. The molecule has 4 rings (SSSR count). The predicted octanol–water partition coefficient (Wildman–Crippen LogP) is 3.26. The highest BCUT2D eigenvalue weighted by atomic mass is 16.5. The fourth-order valence-corrected chi connectivity index (χ4v) is 3.60. The topological polar surface area (TPSA) is 62.9 Å². The third-order valence-electron chi connectivity index (χ3n) is 4.61. The molecule has 120 valence electrons. The molecule has 2 aliphatic rings. The molecule has 1 N–H and O–H groups in total. The number of aromatic carboxylic acids is 1. The van der Waals surface area contributed by atoms with Gasteiger partial charge in [0.25, 0.3) is 0 Å². The average Bonchev–Trinajstić information content (AvgIpc) is 3.04. The SMILES string of the molecule is O=C(O)c1ccc(COc2ccc3c4c2CCCN4CCC3)o1. The van der Waals surface area contributed by atoms with Gasteiger partial charge in [-0.15, -0.1) is 0 Å². The second-order valence-electron chi connectivity index (χ2n) is 6.10. The van der Waals surface area contributed by atoms with E-state index in [4.69, 9.17) is 14.3 Å². The lowest BCUT2D eigenvalue weighted by Gasteiger charge is -2.37.